The number of nitrogen functional groups attached to an aromatic ring is 1. The van der Waals surface area contributed by atoms with Crippen LogP contribution in [0.4, 0.5) is 6.01 Å². The van der Waals surface area contributed by atoms with Gasteiger partial charge in [-0.2, -0.15) is 4.98 Å². The highest BCUT2D eigenvalue weighted by atomic mass is 35.5. The fourth-order valence-electron chi connectivity index (χ4n) is 1.03. The molecule has 0 aliphatic carbocycles. The van der Waals surface area contributed by atoms with Crippen LogP contribution in [0.2, 0.25) is 5.02 Å². The molecule has 0 atom stereocenters. The number of benzene rings is 1. The monoisotopic (exact) mass is 210 g/mol. The summed E-state index contributed by atoms with van der Waals surface area (Å²) in [5, 5.41) is 4.27. The molecule has 0 bridgehead atoms. The van der Waals surface area contributed by atoms with Crippen LogP contribution in [0.25, 0.3) is 11.4 Å². The van der Waals surface area contributed by atoms with Crippen molar-refractivity contribution in [1.82, 2.24) is 10.1 Å². The summed E-state index contributed by atoms with van der Waals surface area (Å²) < 4.78 is 4.77. The molecule has 0 radical (unpaired) electrons. The quantitative estimate of drug-likeness (QED) is 0.583. The normalized spacial score (nSPS) is 10.1. The van der Waals surface area contributed by atoms with Gasteiger partial charge in [-0.1, -0.05) is 28.9 Å². The van der Waals surface area contributed by atoms with Crippen LogP contribution >= 0.6 is 11.6 Å². The zero-order chi connectivity index (χ0) is 9.97. The number of aromatic nitrogens is 2. The molecule has 2 aromatic rings. The second-order valence-corrected chi connectivity index (χ2v) is 2.95. The third-order valence-electron chi connectivity index (χ3n) is 1.66. The highest BCUT2D eigenvalue weighted by molar-refractivity contribution is 6.33. The molecular weight excluding hydrogens is 204 g/mol. The predicted molar refractivity (Wildman–Crippen MR) is 52.6 cm³/mol. The predicted octanol–water partition coefficient (Wildman–Crippen LogP) is 1.68. The van der Waals surface area contributed by atoms with Crippen LogP contribution in [0.15, 0.2) is 28.8 Å². The number of nitrogens with two attached hydrogens (primary N) is 1. The molecular formula is C8H7ClN4O. The Morgan fingerprint density at radius 3 is 2.79 bits per heavy atom. The number of nitrogens with zero attached hydrogens (tertiary/aromatic N) is 2. The SMILES string of the molecule is NNc1nc(-c2ccccc2Cl)no1. The molecule has 0 saturated carbocycles. The maximum Gasteiger partial charge on any atom is 0.335 e. The number of nitrogens with one attached hydrogen (secondary N) is 1. The van der Waals surface area contributed by atoms with Crippen molar-refractivity contribution in [3.8, 4) is 11.4 Å². The summed E-state index contributed by atoms with van der Waals surface area (Å²) >= 11 is 5.94. The van der Waals surface area contributed by atoms with E-state index in [4.69, 9.17) is 22.0 Å². The fraction of sp³-hybridized carbons (Fsp3) is 0. The Hall–Kier alpha value is -1.59. The lowest BCUT2D eigenvalue weighted by molar-refractivity contribution is 0.432. The van der Waals surface area contributed by atoms with Crippen molar-refractivity contribution < 1.29 is 4.52 Å². The first-order chi connectivity index (χ1) is 6.81. The summed E-state index contributed by atoms with van der Waals surface area (Å²) in [6.07, 6.45) is 0. The van der Waals surface area contributed by atoms with Crippen molar-refractivity contribution in [1.29, 1.82) is 0 Å². The van der Waals surface area contributed by atoms with Crippen LogP contribution in [0.1, 0.15) is 0 Å². The number of hydrogen-bond donors (Lipinski definition) is 2. The van der Waals surface area contributed by atoms with Crippen LogP contribution in [0.3, 0.4) is 0 Å². The zero-order valence-corrected chi connectivity index (χ0v) is 7.82. The van der Waals surface area contributed by atoms with Crippen LogP contribution in [0.5, 0.6) is 0 Å². The van der Waals surface area contributed by atoms with E-state index in [1.165, 1.54) is 0 Å². The second-order valence-electron chi connectivity index (χ2n) is 2.55. The summed E-state index contributed by atoms with van der Waals surface area (Å²) in [6.45, 7) is 0. The minimum Gasteiger partial charge on any atom is -0.314 e. The zero-order valence-electron chi connectivity index (χ0n) is 7.07. The Labute approximate surface area is 84.8 Å². The van der Waals surface area contributed by atoms with Crippen LogP contribution < -0.4 is 11.3 Å². The van der Waals surface area contributed by atoms with Gasteiger partial charge in [-0.3, -0.25) is 5.43 Å². The molecule has 1 heterocycles. The van der Waals surface area contributed by atoms with Gasteiger partial charge in [0.2, 0.25) is 5.82 Å². The van der Waals surface area contributed by atoms with Gasteiger partial charge in [0.15, 0.2) is 0 Å². The van der Waals surface area contributed by atoms with Gasteiger partial charge in [-0.25, -0.2) is 5.84 Å². The summed E-state index contributed by atoms with van der Waals surface area (Å²) in [4.78, 5) is 3.96. The molecule has 0 spiro atoms. The first-order valence-electron chi connectivity index (χ1n) is 3.86. The number of hydrogen-bond acceptors (Lipinski definition) is 5. The third-order valence-corrected chi connectivity index (χ3v) is 1.99. The number of hydrazine groups is 1. The van der Waals surface area contributed by atoms with E-state index in [1.807, 2.05) is 12.1 Å². The van der Waals surface area contributed by atoms with E-state index in [0.717, 1.165) is 0 Å². The van der Waals surface area contributed by atoms with Crippen LogP contribution in [-0.4, -0.2) is 10.1 Å². The van der Waals surface area contributed by atoms with Gasteiger partial charge in [0.1, 0.15) is 0 Å². The summed E-state index contributed by atoms with van der Waals surface area (Å²) in [6, 6.07) is 7.37. The Morgan fingerprint density at radius 1 is 1.36 bits per heavy atom. The van der Waals surface area contributed by atoms with Gasteiger partial charge >= 0.3 is 6.01 Å². The van der Waals surface area contributed by atoms with Crippen molar-refractivity contribution in [3.05, 3.63) is 29.3 Å². The lowest BCUT2D eigenvalue weighted by atomic mass is 10.2. The molecule has 1 aromatic heterocycles. The van der Waals surface area contributed by atoms with Gasteiger partial charge in [0.05, 0.1) is 5.02 Å². The minimum absolute atomic E-state index is 0.153. The maximum atomic E-state index is 5.94. The molecule has 3 N–H and O–H groups in total. The average Bonchev–Trinajstić information content (AvgIpc) is 2.67. The first-order valence-corrected chi connectivity index (χ1v) is 4.24. The van der Waals surface area contributed by atoms with Crippen LogP contribution in [-0.2, 0) is 0 Å². The molecule has 1 aromatic carbocycles. The van der Waals surface area contributed by atoms with Gasteiger partial charge in [0, 0.05) is 5.56 Å². The third kappa shape index (κ3) is 1.55. The Kier molecular flexibility index (Phi) is 2.34. The Bertz CT molecular complexity index is 442. The van der Waals surface area contributed by atoms with E-state index in [1.54, 1.807) is 12.1 Å². The largest absolute Gasteiger partial charge is 0.335 e. The molecule has 5 nitrogen and oxygen atoms in total. The van der Waals surface area contributed by atoms with Crippen molar-refractivity contribution in [2.45, 2.75) is 0 Å². The van der Waals surface area contributed by atoms with Gasteiger partial charge in [0.25, 0.3) is 0 Å². The molecule has 2 rings (SSSR count). The molecule has 6 heteroatoms. The van der Waals surface area contributed by atoms with E-state index in [9.17, 15) is 0 Å². The van der Waals surface area contributed by atoms with Crippen molar-refractivity contribution >= 4 is 17.6 Å². The second kappa shape index (κ2) is 3.65. The topological polar surface area (TPSA) is 77.0 Å². The number of anilines is 1. The van der Waals surface area contributed by atoms with Gasteiger partial charge < -0.3 is 4.52 Å². The molecule has 14 heavy (non-hydrogen) atoms. The van der Waals surface area contributed by atoms with E-state index in [0.29, 0.717) is 16.4 Å². The summed E-state index contributed by atoms with van der Waals surface area (Å²) in [5.41, 5.74) is 2.96. The maximum absolute atomic E-state index is 5.94. The molecule has 72 valence electrons. The molecule has 0 unspecified atom stereocenters. The average molecular weight is 211 g/mol. The number of rotatable bonds is 2. The Balaban J connectivity index is 2.44. The lowest BCUT2D eigenvalue weighted by Crippen LogP contribution is -2.06. The molecule has 0 saturated heterocycles. The standard InChI is InChI=1S/C8H7ClN4O/c9-6-4-2-1-3-5(6)7-11-8(12-10)14-13-7/h1-4H,10H2,(H,11,12,13). The van der Waals surface area contributed by atoms with E-state index >= 15 is 0 Å². The highest BCUT2D eigenvalue weighted by Gasteiger charge is 2.09. The van der Waals surface area contributed by atoms with Crippen LogP contribution in [0, 0.1) is 0 Å². The highest BCUT2D eigenvalue weighted by Crippen LogP contribution is 2.25. The van der Waals surface area contributed by atoms with E-state index in [-0.39, 0.29) is 6.01 Å². The van der Waals surface area contributed by atoms with E-state index in [2.05, 4.69) is 15.6 Å². The smallest absolute Gasteiger partial charge is 0.314 e. The molecule has 0 aliphatic rings. The number of halogens is 1. The van der Waals surface area contributed by atoms with Gasteiger partial charge in [-0.15, -0.1) is 0 Å². The molecule has 0 amide bonds. The first kappa shape index (κ1) is 8.98. The Morgan fingerprint density at radius 2 is 2.14 bits per heavy atom. The lowest BCUT2D eigenvalue weighted by Gasteiger charge is -1.95. The fourth-order valence-corrected chi connectivity index (χ4v) is 1.25. The minimum atomic E-state index is 0.153. The van der Waals surface area contributed by atoms with Crippen molar-refractivity contribution in [3.63, 3.8) is 0 Å². The summed E-state index contributed by atoms with van der Waals surface area (Å²) in [7, 11) is 0. The van der Waals surface area contributed by atoms with Crippen molar-refractivity contribution in [2.24, 2.45) is 5.84 Å². The van der Waals surface area contributed by atoms with Crippen molar-refractivity contribution in [2.75, 3.05) is 5.43 Å². The van der Waals surface area contributed by atoms with Gasteiger partial charge in [-0.05, 0) is 12.1 Å². The van der Waals surface area contributed by atoms with E-state index < -0.39 is 0 Å². The molecule has 0 aliphatic heterocycles. The molecule has 0 fully saturated rings. The summed E-state index contributed by atoms with van der Waals surface area (Å²) in [5.74, 6) is 5.51.